The quantitative estimate of drug-likeness (QED) is 0.0877. The first kappa shape index (κ1) is 26.4. The molecule has 0 bridgehead atoms. The minimum Gasteiger partial charge on any atom is -0.477 e. The number of hydrogen-bond donors (Lipinski definition) is 4. The molecule has 2 aromatic heterocycles. The third-order valence-corrected chi connectivity index (χ3v) is 8.62. The predicted octanol–water partition coefficient (Wildman–Crippen LogP) is -0.174. The molecule has 5 heterocycles. The predicted molar refractivity (Wildman–Crippen MR) is 140 cm³/mol. The fraction of sp³-hybridized carbons (Fsp3) is 0.292. The summed E-state index contributed by atoms with van der Waals surface area (Å²) < 4.78 is 1.93. The molecule has 202 valence electrons. The molecule has 0 aliphatic carbocycles. The molecule has 2 fully saturated rings. The number of nitrogens with zero attached hydrogens (tertiary/aromatic N) is 5. The highest BCUT2D eigenvalue weighted by molar-refractivity contribution is 8.00. The molecule has 3 aliphatic rings. The number of fused-ring (bicyclic) bond motifs is 1. The van der Waals surface area contributed by atoms with Gasteiger partial charge in [0.05, 0.1) is 0 Å². The number of thioether (sulfide) groups is 1. The van der Waals surface area contributed by atoms with E-state index in [-0.39, 0.29) is 28.2 Å². The number of aryl methyl sites for hydroxylation is 1. The molecule has 3 aliphatic heterocycles. The smallest absolute Gasteiger partial charge is 0.352 e. The van der Waals surface area contributed by atoms with Gasteiger partial charge in [0.15, 0.2) is 17.0 Å². The van der Waals surface area contributed by atoms with Crippen LogP contribution in [0.5, 0.6) is 0 Å². The van der Waals surface area contributed by atoms with Gasteiger partial charge < -0.3 is 26.3 Å². The van der Waals surface area contributed by atoms with Gasteiger partial charge in [-0.25, -0.2) is 14.3 Å². The van der Waals surface area contributed by atoms with E-state index >= 15 is 0 Å². The van der Waals surface area contributed by atoms with Crippen molar-refractivity contribution >= 4 is 57.6 Å². The van der Waals surface area contributed by atoms with Crippen molar-refractivity contribution in [2.75, 3.05) is 18.0 Å². The van der Waals surface area contributed by atoms with Crippen LogP contribution in [-0.2, 0) is 32.8 Å². The van der Waals surface area contributed by atoms with E-state index in [1.54, 1.807) is 11.0 Å². The van der Waals surface area contributed by atoms with E-state index in [1.807, 2.05) is 36.0 Å². The fourth-order valence-corrected chi connectivity index (χ4v) is 6.51. The molecule has 13 nitrogen and oxygen atoms in total. The van der Waals surface area contributed by atoms with Gasteiger partial charge in [0.1, 0.15) is 36.4 Å². The minimum atomic E-state index is -1.31. The van der Waals surface area contributed by atoms with Gasteiger partial charge in [-0.1, -0.05) is 11.2 Å². The van der Waals surface area contributed by atoms with E-state index in [9.17, 15) is 29.5 Å². The number of aliphatic carboxylic acids is 1. The number of carbonyl (C=O) groups is 4. The molecular formula is C24H24N7O6S2+. The molecule has 0 aromatic carbocycles. The number of rotatable bonds is 7. The Morgan fingerprint density at radius 1 is 1.36 bits per heavy atom. The van der Waals surface area contributed by atoms with Crippen LogP contribution < -0.4 is 15.6 Å². The average molecular weight is 571 g/mol. The minimum absolute atomic E-state index is 0.0498. The molecule has 0 saturated carbocycles. The number of likely N-dealkylation sites (tertiary alicyclic amines) is 1. The lowest BCUT2D eigenvalue weighted by atomic mass is 10.0. The Kier molecular flexibility index (Phi) is 7.10. The number of carbonyl (C=O) groups excluding carboxylic acids is 3. The number of carboxylic acids is 1. The summed E-state index contributed by atoms with van der Waals surface area (Å²) in [5.74, 6) is -2.74. The van der Waals surface area contributed by atoms with Crippen molar-refractivity contribution in [3.8, 4) is 0 Å². The van der Waals surface area contributed by atoms with Crippen molar-refractivity contribution in [2.45, 2.75) is 24.4 Å². The summed E-state index contributed by atoms with van der Waals surface area (Å²) in [4.78, 5) is 57.7. The Bertz CT molecular complexity index is 1480. The van der Waals surface area contributed by atoms with Gasteiger partial charge in [-0.15, -0.1) is 23.1 Å². The van der Waals surface area contributed by atoms with Crippen molar-refractivity contribution in [3.63, 3.8) is 0 Å². The number of oxime groups is 1. The van der Waals surface area contributed by atoms with Gasteiger partial charge in [-0.05, 0) is 18.1 Å². The number of β-lactam (4-membered cyclic amide) rings is 1. The molecule has 2 atom stereocenters. The van der Waals surface area contributed by atoms with Crippen molar-refractivity contribution in [2.24, 2.45) is 12.2 Å². The highest BCUT2D eigenvalue weighted by atomic mass is 32.2. The van der Waals surface area contributed by atoms with Crippen LogP contribution in [0.4, 0.5) is 5.13 Å². The highest BCUT2D eigenvalue weighted by Gasteiger charge is 2.54. The lowest BCUT2D eigenvalue weighted by molar-refractivity contribution is -0.680. The molecule has 0 spiro atoms. The second-order valence-electron chi connectivity index (χ2n) is 9.01. The number of nitrogen functional groups attached to an aromatic ring is 1. The highest BCUT2D eigenvalue weighted by Crippen LogP contribution is 2.41. The number of allylic oxidation sites excluding steroid dienone is 1. The molecule has 2 aromatic rings. The summed E-state index contributed by atoms with van der Waals surface area (Å²) in [6, 6.07) is 4.70. The van der Waals surface area contributed by atoms with Crippen LogP contribution in [0.25, 0.3) is 0 Å². The second-order valence-corrected chi connectivity index (χ2v) is 11.0. The van der Waals surface area contributed by atoms with E-state index < -0.39 is 34.9 Å². The van der Waals surface area contributed by atoms with E-state index in [0.29, 0.717) is 30.7 Å². The van der Waals surface area contributed by atoms with Gasteiger partial charge in [0, 0.05) is 35.4 Å². The number of thiazole rings is 1. The first-order valence-electron chi connectivity index (χ1n) is 11.8. The Labute approximate surface area is 230 Å². The molecule has 0 unspecified atom stereocenters. The summed E-state index contributed by atoms with van der Waals surface area (Å²) in [6.07, 6.45) is 3.93. The number of amides is 3. The largest absolute Gasteiger partial charge is 0.477 e. The number of carboxylic acid groups (broad SMARTS) is 1. The number of aromatic nitrogens is 2. The first-order valence-corrected chi connectivity index (χ1v) is 13.7. The Balaban J connectivity index is 1.32. The molecule has 39 heavy (non-hydrogen) atoms. The average Bonchev–Trinajstić information content (AvgIpc) is 3.49. The second kappa shape index (κ2) is 10.5. The third-order valence-electron chi connectivity index (χ3n) is 6.64. The van der Waals surface area contributed by atoms with E-state index in [0.717, 1.165) is 21.9 Å². The third kappa shape index (κ3) is 4.85. The molecular weight excluding hydrogens is 546 g/mol. The summed E-state index contributed by atoms with van der Waals surface area (Å²) in [6.45, 7) is 0.926. The molecule has 0 radical (unpaired) electrons. The molecule has 5 N–H and O–H groups in total. The molecule has 2 saturated heterocycles. The van der Waals surface area contributed by atoms with Crippen molar-refractivity contribution in [1.29, 1.82) is 0 Å². The monoisotopic (exact) mass is 570 g/mol. The SMILES string of the molecule is C[n+]1ccccc1CN1CCC(=CC2=C(C(=O)O)N3C(=O)[C@@H](NC(=O)/C(=N\O)c4csc(N)n4)[C@H]3SC2)C1=O. The number of hydrogen-bond acceptors (Lipinski definition) is 10. The zero-order chi connectivity index (χ0) is 27.8. The zero-order valence-corrected chi connectivity index (χ0v) is 22.2. The summed E-state index contributed by atoms with van der Waals surface area (Å²) >= 11 is 2.32. The van der Waals surface area contributed by atoms with Crippen LogP contribution in [0.15, 0.2) is 57.9 Å². The van der Waals surface area contributed by atoms with Crippen molar-refractivity contribution in [3.05, 3.63) is 64.1 Å². The van der Waals surface area contributed by atoms with Crippen LogP contribution in [0.2, 0.25) is 0 Å². The normalized spacial score (nSPS) is 22.3. The molecule has 3 amide bonds. The van der Waals surface area contributed by atoms with E-state index in [1.165, 1.54) is 17.1 Å². The van der Waals surface area contributed by atoms with Crippen LogP contribution >= 0.6 is 23.1 Å². The summed E-state index contributed by atoms with van der Waals surface area (Å²) in [5, 5.41) is 25.7. The Morgan fingerprint density at radius 3 is 2.82 bits per heavy atom. The van der Waals surface area contributed by atoms with Gasteiger partial charge >= 0.3 is 5.97 Å². The van der Waals surface area contributed by atoms with Crippen molar-refractivity contribution < 1.29 is 34.1 Å². The van der Waals surface area contributed by atoms with Gasteiger partial charge in [-0.3, -0.25) is 19.3 Å². The standard InChI is InChI=1S/C24H23N7O6S2/c1-29-6-3-2-4-14(29)9-30-7-5-12(20(30)33)8-13-10-38-22-17(21(34)31(22)18(13)23(35)36)27-19(32)16(28-37)15-11-39-24(25)26-15/h2-4,6,8,11,17,22H,5,7,9-10H2,1H3,(H4-,25,26,27,32,35,36,37)/p+1/t17-,22-/m1/s1. The zero-order valence-electron chi connectivity index (χ0n) is 20.6. The maximum Gasteiger partial charge on any atom is 0.352 e. The van der Waals surface area contributed by atoms with Gasteiger partial charge in [0.2, 0.25) is 11.6 Å². The van der Waals surface area contributed by atoms with Crippen LogP contribution in [-0.4, -0.2) is 78.2 Å². The molecule has 5 rings (SSSR count). The maximum absolute atomic E-state index is 13.1. The number of pyridine rings is 1. The number of anilines is 1. The van der Waals surface area contributed by atoms with E-state index in [4.69, 9.17) is 5.73 Å². The Hall–Kier alpha value is -4.24. The van der Waals surface area contributed by atoms with Gasteiger partial charge in [-0.2, -0.15) is 0 Å². The topological polar surface area (TPSA) is 182 Å². The van der Waals surface area contributed by atoms with Gasteiger partial charge in [0.25, 0.3) is 11.8 Å². The summed E-state index contributed by atoms with van der Waals surface area (Å²) in [7, 11) is 1.90. The lowest BCUT2D eigenvalue weighted by Crippen LogP contribution is -2.71. The van der Waals surface area contributed by atoms with Crippen LogP contribution in [0.1, 0.15) is 17.8 Å². The number of nitrogens with two attached hydrogens (primary N) is 1. The molecule has 15 heteroatoms. The first-order chi connectivity index (χ1) is 18.7. The summed E-state index contributed by atoms with van der Waals surface area (Å²) in [5.41, 5.74) is 6.79. The fourth-order valence-electron chi connectivity index (χ4n) is 4.65. The Morgan fingerprint density at radius 2 is 2.15 bits per heavy atom. The van der Waals surface area contributed by atoms with Crippen LogP contribution in [0.3, 0.4) is 0 Å². The number of nitrogens with one attached hydrogen (secondary N) is 1. The van der Waals surface area contributed by atoms with Crippen LogP contribution in [0, 0.1) is 0 Å². The van der Waals surface area contributed by atoms with Crippen molar-refractivity contribution in [1.82, 2.24) is 20.1 Å². The van der Waals surface area contributed by atoms with E-state index in [2.05, 4.69) is 15.5 Å². The maximum atomic E-state index is 13.1. The lowest BCUT2D eigenvalue weighted by Gasteiger charge is -2.49.